The van der Waals surface area contributed by atoms with Crippen LogP contribution < -0.4 is 0 Å². The molecule has 0 N–H and O–H groups in total. The number of hydrogen-bond donors (Lipinski definition) is 0. The predicted molar refractivity (Wildman–Crippen MR) is 333 cm³/mol. The molecular formula is C74H42N6O. The van der Waals surface area contributed by atoms with Crippen molar-refractivity contribution in [2.75, 3.05) is 0 Å². The Morgan fingerprint density at radius 2 is 0.778 bits per heavy atom. The molecule has 0 saturated heterocycles. The molecule has 12 aromatic carbocycles. The molecule has 0 atom stereocenters. The number of fused-ring (bicyclic) bond motifs is 16. The number of rotatable bonds is 6. The average Bonchev–Trinajstić information content (AvgIpc) is 1.50. The molecule has 0 unspecified atom stereocenters. The van der Waals surface area contributed by atoms with Crippen molar-refractivity contribution in [2.24, 2.45) is 0 Å². The van der Waals surface area contributed by atoms with Gasteiger partial charge in [0.05, 0.1) is 142 Å². The molecule has 0 amide bonds. The van der Waals surface area contributed by atoms with E-state index in [9.17, 15) is 59.8 Å². The van der Waals surface area contributed by atoms with Gasteiger partial charge in [-0.05, 0) is 82.7 Å². The second-order valence-electron chi connectivity index (χ2n) is 17.7. The summed E-state index contributed by atoms with van der Waals surface area (Å²) < 4.78 is 413. The lowest BCUT2D eigenvalue weighted by Crippen LogP contribution is -2.14. The molecule has 5 aromatic heterocycles. The van der Waals surface area contributed by atoms with Gasteiger partial charge < -0.3 is 22.7 Å². The highest BCUT2D eigenvalue weighted by atomic mass is 16.3. The minimum Gasteiger partial charge on any atom is -0.456 e. The topological polar surface area (TPSA) is 61.0 Å². The van der Waals surface area contributed by atoms with E-state index in [2.05, 4.69) is 4.85 Å². The van der Waals surface area contributed by atoms with Crippen LogP contribution in [0.4, 0.5) is 5.69 Å². The summed E-state index contributed by atoms with van der Waals surface area (Å²) in [5.41, 5.74) is -23.9. The third-order valence-electron chi connectivity index (χ3n) is 13.9. The quantitative estimate of drug-likeness (QED) is 0.156. The molecule has 7 nitrogen and oxygen atoms in total. The summed E-state index contributed by atoms with van der Waals surface area (Å²) in [7, 11) is 0. The number of nitrogens with zero attached hydrogens (tertiary/aromatic N) is 6. The van der Waals surface area contributed by atoms with Gasteiger partial charge in [-0.25, -0.2) is 4.85 Å². The van der Waals surface area contributed by atoms with E-state index < -0.39 is 419 Å². The Hall–Kier alpha value is -11.4. The zero-order valence-corrected chi connectivity index (χ0v) is 40.1. The van der Waals surface area contributed by atoms with Crippen molar-refractivity contribution in [3.63, 3.8) is 0 Å². The van der Waals surface area contributed by atoms with Gasteiger partial charge in [0.15, 0.2) is 0 Å². The zero-order chi connectivity index (χ0) is 90.0. The van der Waals surface area contributed by atoms with Gasteiger partial charge in [0.2, 0.25) is 5.69 Å². The zero-order valence-electron chi connectivity index (χ0n) is 82.1. The first-order chi connectivity index (χ1) is 57.6. The predicted octanol–water partition coefficient (Wildman–Crippen LogP) is 19.7. The maximum atomic E-state index is 13.3. The van der Waals surface area contributed by atoms with E-state index in [4.69, 9.17) is 14.0 Å². The normalized spacial score (nSPS) is 19.2. The fraction of sp³-hybridized carbons (Fsp3) is 0. The molecule has 0 radical (unpaired) electrons. The van der Waals surface area contributed by atoms with Crippen LogP contribution in [0.3, 0.4) is 0 Å². The van der Waals surface area contributed by atoms with Gasteiger partial charge in [-0.1, -0.05) is 193 Å². The average molecular weight is 1070 g/mol. The molecule has 0 bridgehead atoms. The number of hydrogen-bond acceptors (Lipinski definition) is 2. The van der Waals surface area contributed by atoms with Gasteiger partial charge in [0, 0.05) is 48.5 Å². The van der Waals surface area contributed by atoms with Gasteiger partial charge >= 0.3 is 0 Å². The monoisotopic (exact) mass is 1070 g/mol. The van der Waals surface area contributed by atoms with Gasteiger partial charge in [-0.3, -0.25) is 0 Å². The van der Waals surface area contributed by atoms with Crippen molar-refractivity contribution in [1.29, 1.82) is 5.26 Å². The van der Waals surface area contributed by atoms with Crippen LogP contribution in [0.25, 0.3) is 159 Å². The Balaban J connectivity index is 1.37. The summed E-state index contributed by atoms with van der Waals surface area (Å²) >= 11 is 0. The summed E-state index contributed by atoms with van der Waals surface area (Å²) in [6.45, 7) is 10.1. The Morgan fingerprint density at radius 1 is 0.358 bits per heavy atom. The fourth-order valence-corrected chi connectivity index (χ4v) is 10.8. The molecular weight excluding hydrogens is 989 g/mol. The van der Waals surface area contributed by atoms with E-state index in [1.54, 1.807) is 0 Å². The van der Waals surface area contributed by atoms with Crippen molar-refractivity contribution in [3.05, 3.63) is 271 Å². The van der Waals surface area contributed by atoms with Crippen LogP contribution >= 0.6 is 0 Å². The van der Waals surface area contributed by atoms with Crippen molar-refractivity contribution in [2.45, 2.75) is 0 Å². The van der Waals surface area contributed by atoms with Crippen LogP contribution in [-0.2, 0) is 0 Å². The van der Waals surface area contributed by atoms with Crippen LogP contribution in [0.2, 0.25) is 0 Å². The molecule has 0 aliphatic carbocycles. The molecule has 0 aliphatic heterocycles. The van der Waals surface area contributed by atoms with Crippen LogP contribution in [0.1, 0.15) is 63.1 Å². The summed E-state index contributed by atoms with van der Waals surface area (Å²) in [5.74, 6) is 0. The number of para-hydroxylation sites is 7. The number of nitriles is 1. The summed E-state index contributed by atoms with van der Waals surface area (Å²) in [4.78, 5) is 4.06. The molecule has 374 valence electrons. The highest BCUT2D eigenvalue weighted by Crippen LogP contribution is 2.53. The van der Waals surface area contributed by atoms with Gasteiger partial charge in [0.1, 0.15) is 17.2 Å². The third kappa shape index (κ3) is 6.15. The lowest BCUT2D eigenvalue weighted by atomic mass is 9.94. The van der Waals surface area contributed by atoms with Crippen LogP contribution in [0.15, 0.2) is 258 Å². The maximum absolute atomic E-state index is 13.3. The molecule has 0 saturated carbocycles. The largest absolute Gasteiger partial charge is 0.456 e. The first kappa shape index (κ1) is 20.1. The SMILES string of the molecule is [2H]c1c([2H])c([2H])c(-c2c([2H])c([2H])c([2H])c([2H])c2-c2c([2H])c([2H])c3c4c([2H])c([2H])c5oc6c([2H])c([2H])c([2H])c([2H])c6c5c4n(-c4c(-n5c6c([2H])c([2H])c([2H])c([2H])c6c6c([2H])c([2H])c([2H])c([2H])c65)c(C#N)c(-n5c6c([2H])c([2H])c([2H])c([2H])c6c6c([2H])c([2H])c([2H])c([2H])c65)c([N+]#[C-])c4-n4c5c([2H])c([2H])c([2H])c([2H])c5c5c([2H])c([2H])c([2H])c([2H])c54)c3c2[2H])c([2H])c1[2H]. The Bertz CT molecular complexity index is 7780. The number of furan rings is 1. The molecule has 81 heavy (non-hydrogen) atoms. The lowest BCUT2D eigenvalue weighted by molar-refractivity contribution is 0.669. The first-order valence-corrected chi connectivity index (χ1v) is 23.8. The van der Waals surface area contributed by atoms with Crippen LogP contribution in [0.5, 0.6) is 0 Å². The summed E-state index contributed by atoms with van der Waals surface area (Å²) in [6.07, 6.45) is 0. The van der Waals surface area contributed by atoms with Crippen molar-refractivity contribution >= 4 is 115 Å². The standard InChI is InChI=1S/C74H42N6O/c1-76-69-71(77-59-32-14-7-25-49(59)50-26-8-15-33-60(50)77)58(44-75)72(78-61-34-16-9-27-51(61)52-28-10-17-35-62(52)78)74(73(69)79-63-36-18-11-29-53(63)54-30-12-19-37-64(54)79)80-65-43-46(48-24-6-5-23-47(48)45-21-3-2-4-22-45)39-40-55(65)56-41-42-67-68(70(56)80)57-31-13-20-38-66(57)81-67/h2-43H/i2D,3D,4D,5D,6D,7D,8D,9D,10D,11D,12D,13D,14D,15D,16D,17D,18D,19D,20D,21D,22D,23D,24D,25D,26D,27D,28D,29D,30D,31D,32D,33D,34D,35D,36D,37D,38D,39D,40D,41D,42D,43D. The molecule has 0 fully saturated rings. The van der Waals surface area contributed by atoms with Gasteiger partial charge in [-0.15, -0.1) is 0 Å². The molecule has 0 aliphatic rings. The highest BCUT2D eigenvalue weighted by molar-refractivity contribution is 6.26. The van der Waals surface area contributed by atoms with Gasteiger partial charge in [-0.2, -0.15) is 5.26 Å². The van der Waals surface area contributed by atoms with E-state index in [0.29, 0.717) is 18.3 Å². The van der Waals surface area contributed by atoms with Crippen molar-refractivity contribution in [3.8, 4) is 51.1 Å². The second-order valence-corrected chi connectivity index (χ2v) is 17.7. The van der Waals surface area contributed by atoms with Crippen molar-refractivity contribution < 1.29 is 62.0 Å². The number of benzene rings is 12. The number of aromatic nitrogens is 4. The van der Waals surface area contributed by atoms with Crippen LogP contribution in [-0.4, -0.2) is 18.3 Å². The minimum atomic E-state index is -1.50. The second kappa shape index (κ2) is 17.1. The lowest BCUT2D eigenvalue weighted by Gasteiger charge is -2.27. The van der Waals surface area contributed by atoms with E-state index in [1.165, 1.54) is 0 Å². The fourth-order valence-electron chi connectivity index (χ4n) is 10.8. The molecule has 5 heterocycles. The third-order valence-corrected chi connectivity index (χ3v) is 13.9. The first-order valence-electron chi connectivity index (χ1n) is 44.8. The van der Waals surface area contributed by atoms with E-state index >= 15 is 0 Å². The van der Waals surface area contributed by atoms with Crippen LogP contribution in [0, 0.1) is 17.9 Å². The molecule has 17 aromatic rings. The van der Waals surface area contributed by atoms with Gasteiger partial charge in [0.25, 0.3) is 0 Å². The maximum Gasteiger partial charge on any atom is 0.237 e. The van der Waals surface area contributed by atoms with E-state index in [0.717, 1.165) is 0 Å². The minimum absolute atomic E-state index is 0.482. The Labute approximate surface area is 522 Å². The van der Waals surface area contributed by atoms with E-state index in [-0.39, 0.29) is 0 Å². The summed E-state index contributed by atoms with van der Waals surface area (Å²) in [6, 6.07) is -48.9. The summed E-state index contributed by atoms with van der Waals surface area (Å²) in [5, 5.41) is 4.00. The highest BCUT2D eigenvalue weighted by Gasteiger charge is 2.35. The smallest absolute Gasteiger partial charge is 0.237 e. The Morgan fingerprint density at radius 3 is 1.30 bits per heavy atom. The van der Waals surface area contributed by atoms with Crippen molar-refractivity contribution in [1.82, 2.24) is 18.3 Å². The van der Waals surface area contributed by atoms with E-state index in [1.807, 2.05) is 6.07 Å². The Kier molecular flexibility index (Phi) is 4.24. The molecule has 7 heteroatoms. The molecule has 17 rings (SSSR count). The molecule has 0 spiro atoms.